The third-order valence-corrected chi connectivity index (χ3v) is 4.39. The minimum atomic E-state index is -0.483. The predicted molar refractivity (Wildman–Crippen MR) is 94.3 cm³/mol. The zero-order valence-electron chi connectivity index (χ0n) is 14.2. The van der Waals surface area contributed by atoms with Crippen molar-refractivity contribution in [3.05, 3.63) is 35.4 Å². The Morgan fingerprint density at radius 1 is 1.33 bits per heavy atom. The molecule has 0 unspecified atom stereocenters. The summed E-state index contributed by atoms with van der Waals surface area (Å²) in [6.45, 7) is 5.59. The Morgan fingerprint density at radius 2 is 2.12 bits per heavy atom. The van der Waals surface area contributed by atoms with Crippen molar-refractivity contribution in [2.24, 2.45) is 0 Å². The van der Waals surface area contributed by atoms with Crippen LogP contribution < -0.4 is 5.32 Å². The highest BCUT2D eigenvalue weighted by Crippen LogP contribution is 2.37. The van der Waals surface area contributed by atoms with Crippen molar-refractivity contribution in [1.82, 2.24) is 15.3 Å². The molecule has 2 atom stereocenters. The highest BCUT2D eigenvalue weighted by atomic mass is 35.5. The molecule has 6 heteroatoms. The minimum Gasteiger partial charge on any atom is -0.444 e. The molecule has 2 aromatic heterocycles. The van der Waals surface area contributed by atoms with E-state index in [0.29, 0.717) is 11.1 Å². The number of nitrogens with one attached hydrogen (secondary N) is 1. The quantitative estimate of drug-likeness (QED) is 0.815. The Balaban J connectivity index is 1.72. The molecule has 24 heavy (non-hydrogen) atoms. The van der Waals surface area contributed by atoms with Crippen LogP contribution in [0.2, 0.25) is 5.15 Å². The standard InChI is InChI=1S/C18H22ClN3O2/c1-18(2,3)24-17(23)22-13-5-4-11(8-13)16-14-9-15(19)21-10-12(14)6-7-20-16/h6-7,9-11,13H,4-5,8H2,1-3H3,(H,22,23)/t11-,13+/m1/s1. The van der Waals surface area contributed by atoms with Crippen molar-refractivity contribution >= 4 is 28.5 Å². The van der Waals surface area contributed by atoms with Crippen molar-refractivity contribution in [1.29, 1.82) is 0 Å². The largest absolute Gasteiger partial charge is 0.444 e. The van der Waals surface area contributed by atoms with Gasteiger partial charge in [0.05, 0.1) is 5.69 Å². The van der Waals surface area contributed by atoms with Gasteiger partial charge in [-0.1, -0.05) is 11.6 Å². The summed E-state index contributed by atoms with van der Waals surface area (Å²) < 4.78 is 5.34. The van der Waals surface area contributed by atoms with Crippen LogP contribution in [0.5, 0.6) is 0 Å². The second-order valence-electron chi connectivity index (χ2n) is 7.28. The normalized spacial score (nSPS) is 21.0. The smallest absolute Gasteiger partial charge is 0.407 e. The molecule has 0 spiro atoms. The van der Waals surface area contributed by atoms with E-state index in [-0.39, 0.29) is 12.1 Å². The van der Waals surface area contributed by atoms with Gasteiger partial charge in [0.1, 0.15) is 10.8 Å². The Labute approximate surface area is 146 Å². The van der Waals surface area contributed by atoms with Gasteiger partial charge in [-0.05, 0) is 52.2 Å². The lowest BCUT2D eigenvalue weighted by Crippen LogP contribution is -2.37. The fourth-order valence-electron chi connectivity index (χ4n) is 3.22. The van der Waals surface area contributed by atoms with Crippen molar-refractivity contribution in [2.75, 3.05) is 0 Å². The highest BCUT2D eigenvalue weighted by Gasteiger charge is 2.30. The highest BCUT2D eigenvalue weighted by molar-refractivity contribution is 6.30. The zero-order chi connectivity index (χ0) is 17.3. The zero-order valence-corrected chi connectivity index (χ0v) is 14.9. The van der Waals surface area contributed by atoms with Crippen LogP contribution in [0.4, 0.5) is 4.79 Å². The van der Waals surface area contributed by atoms with Crippen LogP contribution in [0, 0.1) is 0 Å². The van der Waals surface area contributed by atoms with Crippen molar-refractivity contribution in [3.8, 4) is 0 Å². The number of amides is 1. The molecule has 0 saturated heterocycles. The molecule has 128 valence electrons. The second kappa shape index (κ2) is 6.55. The molecule has 5 nitrogen and oxygen atoms in total. The molecule has 1 fully saturated rings. The average molecular weight is 348 g/mol. The lowest BCUT2D eigenvalue weighted by molar-refractivity contribution is 0.0505. The molecule has 0 aromatic carbocycles. The summed E-state index contributed by atoms with van der Waals surface area (Å²) in [4.78, 5) is 20.6. The number of pyridine rings is 2. The number of carbonyl (C=O) groups is 1. The number of hydrogen-bond acceptors (Lipinski definition) is 4. The lowest BCUT2D eigenvalue weighted by atomic mass is 9.98. The molecule has 0 bridgehead atoms. The summed E-state index contributed by atoms with van der Waals surface area (Å²) in [5.41, 5.74) is 0.550. The molecule has 0 aliphatic heterocycles. The summed E-state index contributed by atoms with van der Waals surface area (Å²) in [6, 6.07) is 3.92. The number of ether oxygens (including phenoxy) is 1. The predicted octanol–water partition coefficient (Wildman–Crippen LogP) is 4.44. The van der Waals surface area contributed by atoms with Crippen LogP contribution in [0.3, 0.4) is 0 Å². The van der Waals surface area contributed by atoms with E-state index in [4.69, 9.17) is 16.3 Å². The van der Waals surface area contributed by atoms with E-state index in [1.165, 1.54) is 0 Å². The van der Waals surface area contributed by atoms with E-state index >= 15 is 0 Å². The lowest BCUT2D eigenvalue weighted by Gasteiger charge is -2.21. The third kappa shape index (κ3) is 3.96. The van der Waals surface area contributed by atoms with Gasteiger partial charge in [0.2, 0.25) is 0 Å². The fraction of sp³-hybridized carbons (Fsp3) is 0.500. The topological polar surface area (TPSA) is 64.1 Å². The summed E-state index contributed by atoms with van der Waals surface area (Å²) in [6.07, 6.45) is 5.97. The fourth-order valence-corrected chi connectivity index (χ4v) is 3.38. The maximum absolute atomic E-state index is 11.9. The van der Waals surface area contributed by atoms with Crippen LogP contribution >= 0.6 is 11.6 Å². The molecule has 3 rings (SSSR count). The van der Waals surface area contributed by atoms with Gasteiger partial charge in [-0.2, -0.15) is 0 Å². The van der Waals surface area contributed by atoms with Crippen LogP contribution in [0.15, 0.2) is 24.5 Å². The molecule has 1 saturated carbocycles. The first-order valence-corrected chi connectivity index (χ1v) is 8.59. The van der Waals surface area contributed by atoms with Gasteiger partial charge in [0.15, 0.2) is 0 Å². The molecule has 1 aliphatic carbocycles. The van der Waals surface area contributed by atoms with Crippen LogP contribution in [0.1, 0.15) is 51.6 Å². The van der Waals surface area contributed by atoms with Gasteiger partial charge in [0, 0.05) is 35.1 Å². The number of fused-ring (bicyclic) bond motifs is 1. The molecule has 2 heterocycles. The molecular weight excluding hydrogens is 326 g/mol. The first-order chi connectivity index (χ1) is 11.3. The third-order valence-electron chi connectivity index (χ3n) is 4.19. The van der Waals surface area contributed by atoms with E-state index < -0.39 is 5.60 Å². The van der Waals surface area contributed by atoms with E-state index in [1.807, 2.05) is 39.1 Å². The van der Waals surface area contributed by atoms with Gasteiger partial charge in [-0.15, -0.1) is 0 Å². The van der Waals surface area contributed by atoms with E-state index in [1.54, 1.807) is 6.20 Å². The first-order valence-electron chi connectivity index (χ1n) is 8.21. The molecule has 0 radical (unpaired) electrons. The molecule has 1 aliphatic rings. The van der Waals surface area contributed by atoms with E-state index in [0.717, 1.165) is 35.7 Å². The van der Waals surface area contributed by atoms with Crippen LogP contribution in [-0.2, 0) is 4.74 Å². The van der Waals surface area contributed by atoms with Crippen LogP contribution in [-0.4, -0.2) is 27.7 Å². The Bertz CT molecular complexity index is 758. The number of halogens is 1. The molecule has 2 aromatic rings. The van der Waals surface area contributed by atoms with Gasteiger partial charge >= 0.3 is 6.09 Å². The number of rotatable bonds is 2. The van der Waals surface area contributed by atoms with Gasteiger partial charge < -0.3 is 10.1 Å². The van der Waals surface area contributed by atoms with Gasteiger partial charge in [0.25, 0.3) is 0 Å². The van der Waals surface area contributed by atoms with Crippen molar-refractivity contribution in [2.45, 2.75) is 57.6 Å². The maximum atomic E-state index is 11.9. The summed E-state index contributed by atoms with van der Waals surface area (Å²) in [5.74, 6) is 0.298. The molecule has 1 amide bonds. The number of alkyl carbamates (subject to hydrolysis) is 1. The SMILES string of the molecule is CC(C)(C)OC(=O)N[C@H]1CC[C@@H](c2nccc3cnc(Cl)cc23)C1. The van der Waals surface area contributed by atoms with E-state index in [2.05, 4.69) is 15.3 Å². The van der Waals surface area contributed by atoms with Crippen LogP contribution in [0.25, 0.3) is 10.8 Å². The van der Waals surface area contributed by atoms with Gasteiger partial charge in [-0.3, -0.25) is 4.98 Å². The number of aromatic nitrogens is 2. The monoisotopic (exact) mass is 347 g/mol. The average Bonchev–Trinajstić information content (AvgIpc) is 2.92. The summed E-state index contributed by atoms with van der Waals surface area (Å²) >= 11 is 6.04. The Kier molecular flexibility index (Phi) is 4.63. The van der Waals surface area contributed by atoms with E-state index in [9.17, 15) is 4.79 Å². The summed E-state index contributed by atoms with van der Waals surface area (Å²) in [7, 11) is 0. The number of nitrogens with zero attached hydrogens (tertiary/aromatic N) is 2. The minimum absolute atomic E-state index is 0.110. The van der Waals surface area contributed by atoms with Crippen molar-refractivity contribution < 1.29 is 9.53 Å². The number of hydrogen-bond donors (Lipinski definition) is 1. The number of carbonyl (C=O) groups excluding carboxylic acids is 1. The second-order valence-corrected chi connectivity index (χ2v) is 7.66. The van der Waals surface area contributed by atoms with Gasteiger partial charge in [-0.25, -0.2) is 9.78 Å². The molecular formula is C18H22ClN3O2. The molecule has 1 N–H and O–H groups in total. The Hall–Kier alpha value is -1.88. The summed E-state index contributed by atoms with van der Waals surface area (Å²) in [5, 5.41) is 5.51. The Morgan fingerprint density at radius 3 is 2.88 bits per heavy atom. The first kappa shape index (κ1) is 17.0. The maximum Gasteiger partial charge on any atom is 0.407 e. The van der Waals surface area contributed by atoms with Crippen molar-refractivity contribution in [3.63, 3.8) is 0 Å².